The number of carboxylic acids is 1. The molecule has 0 aliphatic carbocycles. The molecular formula is C10H18N2O6. The van der Waals surface area contributed by atoms with E-state index in [0.717, 1.165) is 0 Å². The van der Waals surface area contributed by atoms with Crippen molar-refractivity contribution in [3.05, 3.63) is 0 Å². The van der Waals surface area contributed by atoms with Crippen LogP contribution in [0.3, 0.4) is 0 Å². The van der Waals surface area contributed by atoms with E-state index in [4.69, 9.17) is 10.2 Å². The van der Waals surface area contributed by atoms with E-state index in [1.165, 1.54) is 12.0 Å². The lowest BCUT2D eigenvalue weighted by Crippen LogP contribution is -2.49. The Morgan fingerprint density at radius 2 is 1.89 bits per heavy atom. The average molecular weight is 262 g/mol. The van der Waals surface area contributed by atoms with E-state index in [1.807, 2.05) is 0 Å². The number of aliphatic hydroxyl groups is 1. The molecule has 2 amide bonds. The van der Waals surface area contributed by atoms with Gasteiger partial charge < -0.3 is 25.2 Å². The Bertz CT molecular complexity index is 317. The van der Waals surface area contributed by atoms with Crippen LogP contribution in [0.25, 0.3) is 0 Å². The number of hydrogen-bond acceptors (Lipinski definition) is 5. The highest BCUT2D eigenvalue weighted by Crippen LogP contribution is 1.99. The summed E-state index contributed by atoms with van der Waals surface area (Å²) in [5, 5.41) is 19.7. The Balaban J connectivity index is 4.40. The number of ether oxygens (including phenoxy) is 1. The monoisotopic (exact) mass is 262 g/mol. The molecule has 0 fully saturated rings. The van der Waals surface area contributed by atoms with Crippen molar-refractivity contribution in [1.29, 1.82) is 0 Å². The molecule has 0 saturated heterocycles. The van der Waals surface area contributed by atoms with Crippen LogP contribution in [0.15, 0.2) is 0 Å². The quantitative estimate of drug-likeness (QED) is 0.530. The third kappa shape index (κ3) is 5.48. The normalized spacial score (nSPS) is 11.8. The van der Waals surface area contributed by atoms with Gasteiger partial charge in [-0.2, -0.15) is 0 Å². The molecule has 8 heteroatoms. The van der Waals surface area contributed by atoms with Crippen molar-refractivity contribution in [3.63, 3.8) is 0 Å². The Morgan fingerprint density at radius 1 is 1.33 bits per heavy atom. The van der Waals surface area contributed by atoms with Gasteiger partial charge >= 0.3 is 18.0 Å². The maximum absolute atomic E-state index is 11.7. The molecule has 0 heterocycles. The zero-order valence-electron chi connectivity index (χ0n) is 10.5. The molecule has 0 aromatic carbocycles. The fourth-order valence-electron chi connectivity index (χ4n) is 1.07. The fraction of sp³-hybridized carbons (Fsp3) is 0.700. The molecule has 104 valence electrons. The molecule has 0 saturated carbocycles. The molecular weight excluding hydrogens is 244 g/mol. The number of nitrogens with one attached hydrogen (secondary N) is 1. The number of aliphatic hydroxyl groups excluding tert-OH is 1. The highest BCUT2D eigenvalue weighted by molar-refractivity contribution is 5.81. The van der Waals surface area contributed by atoms with Crippen LogP contribution < -0.4 is 5.32 Å². The second kappa shape index (κ2) is 7.49. The lowest BCUT2D eigenvalue weighted by molar-refractivity contribution is -0.146. The van der Waals surface area contributed by atoms with Crippen molar-refractivity contribution in [2.45, 2.75) is 26.0 Å². The van der Waals surface area contributed by atoms with Crippen molar-refractivity contribution in [3.8, 4) is 0 Å². The number of hydrogen-bond donors (Lipinski definition) is 3. The SMILES string of the molecule is COC(=O)CN(C(=O)NCC(O)C(=O)O)C(C)C. The number of urea groups is 1. The number of esters is 1. The van der Waals surface area contributed by atoms with Crippen LogP contribution in [0.2, 0.25) is 0 Å². The van der Waals surface area contributed by atoms with E-state index in [1.54, 1.807) is 13.8 Å². The molecule has 0 aromatic rings. The van der Waals surface area contributed by atoms with Crippen molar-refractivity contribution in [2.75, 3.05) is 20.2 Å². The molecule has 1 unspecified atom stereocenters. The molecule has 0 aliphatic rings. The predicted molar refractivity (Wildman–Crippen MR) is 60.9 cm³/mol. The number of aliphatic carboxylic acids is 1. The van der Waals surface area contributed by atoms with E-state index in [2.05, 4.69) is 10.1 Å². The van der Waals surface area contributed by atoms with Crippen LogP contribution in [-0.4, -0.2) is 65.4 Å². The third-order valence-electron chi connectivity index (χ3n) is 2.14. The molecule has 0 bridgehead atoms. The number of carbonyl (C=O) groups excluding carboxylic acids is 2. The molecule has 0 aromatic heterocycles. The van der Waals surface area contributed by atoms with Crippen LogP contribution in [0.5, 0.6) is 0 Å². The zero-order valence-corrected chi connectivity index (χ0v) is 10.5. The summed E-state index contributed by atoms with van der Waals surface area (Å²) in [5.74, 6) is -2.02. The maximum atomic E-state index is 11.7. The van der Waals surface area contributed by atoms with Crippen LogP contribution in [0, 0.1) is 0 Å². The number of methoxy groups -OCH3 is 1. The molecule has 3 N–H and O–H groups in total. The standard InChI is InChI=1S/C10H18N2O6/c1-6(2)12(5-8(14)18-3)10(17)11-4-7(13)9(15)16/h6-7,13H,4-5H2,1-3H3,(H,11,17)(H,15,16). The Hall–Kier alpha value is -1.83. The summed E-state index contributed by atoms with van der Waals surface area (Å²) in [6.07, 6.45) is -1.68. The number of amides is 2. The summed E-state index contributed by atoms with van der Waals surface area (Å²) in [6.45, 7) is 2.70. The minimum Gasteiger partial charge on any atom is -0.479 e. The van der Waals surface area contributed by atoms with Gasteiger partial charge in [-0.1, -0.05) is 0 Å². The largest absolute Gasteiger partial charge is 0.479 e. The smallest absolute Gasteiger partial charge is 0.334 e. The van der Waals surface area contributed by atoms with Gasteiger partial charge in [0.1, 0.15) is 6.54 Å². The summed E-state index contributed by atoms with van der Waals surface area (Å²) >= 11 is 0. The highest BCUT2D eigenvalue weighted by atomic mass is 16.5. The van der Waals surface area contributed by atoms with Gasteiger partial charge in [0, 0.05) is 6.04 Å². The van der Waals surface area contributed by atoms with Crippen LogP contribution in [0.1, 0.15) is 13.8 Å². The summed E-state index contributed by atoms with van der Waals surface area (Å²) < 4.78 is 4.44. The highest BCUT2D eigenvalue weighted by Gasteiger charge is 2.22. The first-order chi connectivity index (χ1) is 8.29. The topological polar surface area (TPSA) is 116 Å². The lowest BCUT2D eigenvalue weighted by atomic mass is 10.3. The first kappa shape index (κ1) is 16.2. The van der Waals surface area contributed by atoms with Gasteiger partial charge in [-0.3, -0.25) is 4.79 Å². The minimum absolute atomic E-state index is 0.247. The third-order valence-corrected chi connectivity index (χ3v) is 2.14. The van der Waals surface area contributed by atoms with Gasteiger partial charge in [0.05, 0.1) is 13.7 Å². The summed E-state index contributed by atoms with van der Waals surface area (Å²) in [5.41, 5.74) is 0. The van der Waals surface area contributed by atoms with Crippen LogP contribution in [0.4, 0.5) is 4.79 Å². The molecule has 8 nitrogen and oxygen atoms in total. The number of rotatable bonds is 6. The summed E-state index contributed by atoms with van der Waals surface area (Å²) in [7, 11) is 1.20. The van der Waals surface area contributed by atoms with Gasteiger partial charge in [-0.25, -0.2) is 9.59 Å². The van der Waals surface area contributed by atoms with Crippen LogP contribution in [-0.2, 0) is 14.3 Å². The maximum Gasteiger partial charge on any atom is 0.334 e. The number of carbonyl (C=O) groups is 3. The van der Waals surface area contributed by atoms with Gasteiger partial charge in [0.15, 0.2) is 6.10 Å². The van der Waals surface area contributed by atoms with E-state index in [0.29, 0.717) is 0 Å². The molecule has 0 aliphatic heterocycles. The Kier molecular flexibility index (Phi) is 6.73. The van der Waals surface area contributed by atoms with E-state index < -0.39 is 30.6 Å². The van der Waals surface area contributed by atoms with Crippen molar-refractivity contribution >= 4 is 18.0 Å². The predicted octanol–water partition coefficient (Wildman–Crippen LogP) is -0.975. The van der Waals surface area contributed by atoms with Gasteiger partial charge in [0.25, 0.3) is 0 Å². The second-order valence-corrected chi connectivity index (χ2v) is 3.84. The lowest BCUT2D eigenvalue weighted by Gasteiger charge is -2.25. The van der Waals surface area contributed by atoms with Gasteiger partial charge in [0.2, 0.25) is 0 Å². The van der Waals surface area contributed by atoms with E-state index in [-0.39, 0.29) is 12.6 Å². The Morgan fingerprint density at radius 3 is 2.28 bits per heavy atom. The minimum atomic E-state index is -1.68. The van der Waals surface area contributed by atoms with E-state index >= 15 is 0 Å². The van der Waals surface area contributed by atoms with Crippen LogP contribution >= 0.6 is 0 Å². The molecule has 1 atom stereocenters. The van der Waals surface area contributed by atoms with E-state index in [9.17, 15) is 14.4 Å². The first-order valence-corrected chi connectivity index (χ1v) is 5.31. The van der Waals surface area contributed by atoms with Gasteiger partial charge in [-0.15, -0.1) is 0 Å². The molecule has 0 rings (SSSR count). The number of carboxylic acid groups (broad SMARTS) is 1. The first-order valence-electron chi connectivity index (χ1n) is 5.31. The van der Waals surface area contributed by atoms with Crippen molar-refractivity contribution in [2.24, 2.45) is 0 Å². The summed E-state index contributed by atoms with van der Waals surface area (Å²) in [6, 6.07) is -0.915. The average Bonchev–Trinajstić information content (AvgIpc) is 2.31. The number of nitrogens with zero attached hydrogens (tertiary/aromatic N) is 1. The summed E-state index contributed by atoms with van der Waals surface area (Å²) in [4.78, 5) is 34.3. The molecule has 18 heavy (non-hydrogen) atoms. The van der Waals surface area contributed by atoms with Gasteiger partial charge in [-0.05, 0) is 13.8 Å². The zero-order chi connectivity index (χ0) is 14.3. The Labute approximate surface area is 105 Å². The molecule has 0 radical (unpaired) electrons. The van der Waals surface area contributed by atoms with Crippen molar-refractivity contribution in [1.82, 2.24) is 10.2 Å². The molecule has 0 spiro atoms. The van der Waals surface area contributed by atoms with Crippen molar-refractivity contribution < 1.29 is 29.3 Å². The fourth-order valence-corrected chi connectivity index (χ4v) is 1.07. The second-order valence-electron chi connectivity index (χ2n) is 3.84.